The third kappa shape index (κ3) is 4.36. The monoisotopic (exact) mass is 312 g/mol. The first kappa shape index (κ1) is 17.3. The van der Waals surface area contributed by atoms with Crippen LogP contribution in [0.3, 0.4) is 0 Å². The number of carboxylic acids is 1. The Morgan fingerprint density at radius 1 is 1.33 bits per heavy atom. The molecule has 0 aromatic heterocycles. The Balaban J connectivity index is 2.96. The Morgan fingerprint density at radius 2 is 1.90 bits per heavy atom. The average molecular weight is 313 g/mol. The lowest BCUT2D eigenvalue weighted by Gasteiger charge is -2.35. The molecule has 0 saturated carbocycles. The van der Waals surface area contributed by atoms with Gasteiger partial charge in [0.15, 0.2) is 0 Å². The van der Waals surface area contributed by atoms with E-state index in [2.05, 4.69) is 5.32 Å². The van der Waals surface area contributed by atoms with Crippen molar-refractivity contribution in [3.05, 3.63) is 28.8 Å². The normalized spacial score (nSPS) is 12.7. The summed E-state index contributed by atoms with van der Waals surface area (Å²) in [6.45, 7) is 8.05. The minimum atomic E-state index is -1.14. The van der Waals surface area contributed by atoms with Gasteiger partial charge in [-0.15, -0.1) is 0 Å². The van der Waals surface area contributed by atoms with Crippen molar-refractivity contribution < 1.29 is 14.7 Å². The molecule has 0 saturated heterocycles. The molecule has 1 rings (SSSR count). The number of nitrogens with zero attached hydrogens (tertiary/aromatic N) is 1. The lowest BCUT2D eigenvalue weighted by molar-refractivity contribution is 0.0698. The maximum Gasteiger partial charge on any atom is 0.337 e. The number of rotatable bonds is 3. The minimum absolute atomic E-state index is 0.0157. The lowest BCUT2D eigenvalue weighted by Crippen LogP contribution is -2.45. The SMILES string of the molecule is CC(N(C)C(=O)Nc1ccc(Cl)cc1C(=O)O)C(C)(C)C. The second-order valence-corrected chi connectivity index (χ2v) is 6.51. The van der Waals surface area contributed by atoms with Crippen molar-refractivity contribution in [3.63, 3.8) is 0 Å². The molecule has 0 spiro atoms. The van der Waals surface area contributed by atoms with Crippen LogP contribution >= 0.6 is 11.6 Å². The van der Waals surface area contributed by atoms with Crippen LogP contribution in [0.25, 0.3) is 0 Å². The highest BCUT2D eigenvalue weighted by molar-refractivity contribution is 6.31. The second-order valence-electron chi connectivity index (χ2n) is 6.08. The largest absolute Gasteiger partial charge is 0.478 e. The third-order valence-corrected chi connectivity index (χ3v) is 3.84. The Morgan fingerprint density at radius 3 is 2.38 bits per heavy atom. The van der Waals surface area contributed by atoms with E-state index in [1.54, 1.807) is 11.9 Å². The van der Waals surface area contributed by atoms with Gasteiger partial charge in [0.1, 0.15) is 0 Å². The lowest BCUT2D eigenvalue weighted by atomic mass is 9.87. The highest BCUT2D eigenvalue weighted by Crippen LogP contribution is 2.25. The van der Waals surface area contributed by atoms with Crippen molar-refractivity contribution >= 4 is 29.3 Å². The number of anilines is 1. The molecular weight excluding hydrogens is 292 g/mol. The van der Waals surface area contributed by atoms with E-state index in [1.807, 2.05) is 27.7 Å². The van der Waals surface area contributed by atoms with Crippen LogP contribution in [0.2, 0.25) is 5.02 Å². The zero-order valence-electron chi connectivity index (χ0n) is 12.9. The standard InChI is InChI=1S/C15H21ClN2O3/c1-9(15(2,3)4)18(5)14(21)17-12-7-6-10(16)8-11(12)13(19)20/h6-9H,1-5H3,(H,17,21)(H,19,20). The van der Waals surface area contributed by atoms with Gasteiger partial charge in [-0.25, -0.2) is 9.59 Å². The number of benzene rings is 1. The summed E-state index contributed by atoms with van der Waals surface area (Å²) in [5.74, 6) is -1.14. The van der Waals surface area contributed by atoms with E-state index in [0.717, 1.165) is 0 Å². The molecule has 1 unspecified atom stereocenters. The molecule has 0 aliphatic heterocycles. The summed E-state index contributed by atoms with van der Waals surface area (Å²) in [5.41, 5.74) is 0.111. The molecule has 0 bridgehead atoms. The smallest absolute Gasteiger partial charge is 0.337 e. The first-order valence-electron chi connectivity index (χ1n) is 6.60. The average Bonchev–Trinajstić information content (AvgIpc) is 2.37. The molecule has 0 heterocycles. The van der Waals surface area contributed by atoms with Gasteiger partial charge in [-0.2, -0.15) is 0 Å². The molecule has 0 aliphatic carbocycles. The molecule has 1 aromatic carbocycles. The van der Waals surface area contributed by atoms with E-state index in [4.69, 9.17) is 16.7 Å². The summed E-state index contributed by atoms with van der Waals surface area (Å²) in [5, 5.41) is 12.1. The summed E-state index contributed by atoms with van der Waals surface area (Å²) in [7, 11) is 1.68. The van der Waals surface area contributed by atoms with Crippen LogP contribution in [0.4, 0.5) is 10.5 Å². The summed E-state index contributed by atoms with van der Waals surface area (Å²) < 4.78 is 0. The fraction of sp³-hybridized carbons (Fsp3) is 0.467. The van der Waals surface area contributed by atoms with Crippen LogP contribution in [0.15, 0.2) is 18.2 Å². The van der Waals surface area contributed by atoms with E-state index < -0.39 is 5.97 Å². The Kier molecular flexibility index (Phi) is 5.23. The van der Waals surface area contributed by atoms with Gasteiger partial charge in [-0.1, -0.05) is 32.4 Å². The number of urea groups is 1. The first-order chi connectivity index (χ1) is 9.54. The molecule has 2 amide bonds. The van der Waals surface area contributed by atoms with Crippen LogP contribution in [-0.2, 0) is 0 Å². The number of amides is 2. The van der Waals surface area contributed by atoms with Gasteiger partial charge in [0.05, 0.1) is 11.3 Å². The van der Waals surface area contributed by atoms with Gasteiger partial charge >= 0.3 is 12.0 Å². The molecule has 1 aromatic rings. The highest BCUT2D eigenvalue weighted by atomic mass is 35.5. The maximum absolute atomic E-state index is 12.2. The van der Waals surface area contributed by atoms with Gasteiger partial charge in [-0.05, 0) is 30.5 Å². The number of carboxylic acid groups (broad SMARTS) is 1. The second kappa shape index (κ2) is 6.35. The molecule has 21 heavy (non-hydrogen) atoms. The fourth-order valence-electron chi connectivity index (χ4n) is 1.76. The molecule has 116 valence electrons. The fourth-order valence-corrected chi connectivity index (χ4v) is 1.93. The Hall–Kier alpha value is -1.75. The quantitative estimate of drug-likeness (QED) is 0.888. The van der Waals surface area contributed by atoms with Gasteiger partial charge in [0.2, 0.25) is 0 Å². The van der Waals surface area contributed by atoms with E-state index in [1.165, 1.54) is 18.2 Å². The van der Waals surface area contributed by atoms with Crippen molar-refractivity contribution in [3.8, 4) is 0 Å². The van der Waals surface area contributed by atoms with E-state index in [9.17, 15) is 9.59 Å². The van der Waals surface area contributed by atoms with Crippen molar-refractivity contribution in [2.75, 3.05) is 12.4 Å². The van der Waals surface area contributed by atoms with Crippen LogP contribution in [0.5, 0.6) is 0 Å². The summed E-state index contributed by atoms with van der Waals surface area (Å²) in [4.78, 5) is 25.0. The number of carbonyl (C=O) groups is 2. The number of hydrogen-bond acceptors (Lipinski definition) is 2. The maximum atomic E-state index is 12.2. The van der Waals surface area contributed by atoms with Crippen LogP contribution in [0.1, 0.15) is 38.1 Å². The first-order valence-corrected chi connectivity index (χ1v) is 6.98. The minimum Gasteiger partial charge on any atom is -0.478 e. The molecule has 2 N–H and O–H groups in total. The summed E-state index contributed by atoms with van der Waals surface area (Å²) in [6.07, 6.45) is 0. The van der Waals surface area contributed by atoms with Crippen molar-refractivity contribution in [2.24, 2.45) is 5.41 Å². The Labute approximate surface area is 129 Å². The van der Waals surface area contributed by atoms with Gasteiger partial charge in [0, 0.05) is 18.1 Å². The van der Waals surface area contributed by atoms with Crippen molar-refractivity contribution in [2.45, 2.75) is 33.7 Å². The van der Waals surface area contributed by atoms with Crippen molar-refractivity contribution in [1.29, 1.82) is 0 Å². The van der Waals surface area contributed by atoms with E-state index >= 15 is 0 Å². The molecule has 5 nitrogen and oxygen atoms in total. The molecule has 6 heteroatoms. The van der Waals surface area contributed by atoms with Gasteiger partial charge in [-0.3, -0.25) is 0 Å². The van der Waals surface area contributed by atoms with Crippen LogP contribution in [-0.4, -0.2) is 35.1 Å². The summed E-state index contributed by atoms with van der Waals surface area (Å²) in [6, 6.07) is 3.96. The van der Waals surface area contributed by atoms with E-state index in [-0.39, 0.29) is 28.7 Å². The molecule has 0 radical (unpaired) electrons. The molecule has 0 fully saturated rings. The highest BCUT2D eigenvalue weighted by Gasteiger charge is 2.27. The zero-order valence-corrected chi connectivity index (χ0v) is 13.7. The van der Waals surface area contributed by atoms with E-state index in [0.29, 0.717) is 5.02 Å². The zero-order chi connectivity index (χ0) is 16.4. The predicted octanol–water partition coefficient (Wildman–Crippen LogP) is 3.94. The number of aromatic carboxylic acids is 1. The number of halogens is 1. The van der Waals surface area contributed by atoms with Crippen LogP contribution in [0, 0.1) is 5.41 Å². The van der Waals surface area contributed by atoms with Gasteiger partial charge < -0.3 is 15.3 Å². The van der Waals surface area contributed by atoms with Crippen molar-refractivity contribution in [1.82, 2.24) is 4.90 Å². The Bertz CT molecular complexity index is 552. The molecule has 1 atom stereocenters. The topological polar surface area (TPSA) is 69.6 Å². The van der Waals surface area contributed by atoms with Crippen LogP contribution < -0.4 is 5.32 Å². The third-order valence-electron chi connectivity index (χ3n) is 3.61. The molecular formula is C15H21ClN2O3. The predicted molar refractivity (Wildman–Crippen MR) is 84.1 cm³/mol. The molecule has 0 aliphatic rings. The number of hydrogen-bond donors (Lipinski definition) is 2. The number of nitrogens with one attached hydrogen (secondary N) is 1. The van der Waals surface area contributed by atoms with Gasteiger partial charge in [0.25, 0.3) is 0 Å². The number of carbonyl (C=O) groups excluding carboxylic acids is 1. The summed E-state index contributed by atoms with van der Waals surface area (Å²) >= 11 is 5.78.